The number of carbonyl (C=O) groups excluding carboxylic acids is 1. The Hall–Kier alpha value is -2.35. The number of aliphatic hydroxyl groups is 1. The molecule has 8 heteroatoms. The minimum Gasteiger partial charge on any atom is -0.467 e. The van der Waals surface area contributed by atoms with Crippen molar-refractivity contribution in [3.8, 4) is 0 Å². The van der Waals surface area contributed by atoms with Gasteiger partial charge in [-0.15, -0.1) is 0 Å². The molecule has 0 saturated heterocycles. The topological polar surface area (TPSA) is 113 Å². The molecule has 2 rings (SSSR count). The van der Waals surface area contributed by atoms with E-state index >= 15 is 0 Å². The number of aliphatic hydroxyl groups excluding tert-OH is 1. The summed E-state index contributed by atoms with van der Waals surface area (Å²) < 4.78 is 10.3. The van der Waals surface area contributed by atoms with Crippen LogP contribution in [0.2, 0.25) is 0 Å². The van der Waals surface area contributed by atoms with Crippen molar-refractivity contribution in [2.75, 3.05) is 0 Å². The first-order valence-corrected chi connectivity index (χ1v) is 7.84. The van der Waals surface area contributed by atoms with E-state index in [-0.39, 0.29) is 24.0 Å². The summed E-state index contributed by atoms with van der Waals surface area (Å²) in [5.41, 5.74) is -0.232. The molecule has 3 N–H and O–H groups in total. The van der Waals surface area contributed by atoms with Crippen molar-refractivity contribution in [1.29, 1.82) is 0 Å². The fourth-order valence-corrected chi connectivity index (χ4v) is 2.06. The van der Waals surface area contributed by atoms with Gasteiger partial charge in [0.05, 0.1) is 12.8 Å². The van der Waals surface area contributed by atoms with Crippen LogP contribution in [-0.2, 0) is 12.0 Å². The second-order valence-corrected chi connectivity index (χ2v) is 6.76. The van der Waals surface area contributed by atoms with E-state index in [1.807, 2.05) is 20.8 Å². The molecule has 0 bridgehead atoms. The van der Waals surface area contributed by atoms with Crippen molar-refractivity contribution in [1.82, 2.24) is 20.8 Å². The van der Waals surface area contributed by atoms with Crippen molar-refractivity contribution < 1.29 is 18.8 Å². The molecule has 0 fully saturated rings. The predicted octanol–water partition coefficient (Wildman–Crippen LogP) is 2.27. The average Bonchev–Trinajstić information content (AvgIpc) is 3.16. The average molecular weight is 336 g/mol. The van der Waals surface area contributed by atoms with Gasteiger partial charge < -0.3 is 24.7 Å². The molecule has 2 aromatic heterocycles. The monoisotopic (exact) mass is 336 g/mol. The number of hydrogen-bond donors (Lipinski definition) is 3. The quantitative estimate of drug-likeness (QED) is 0.746. The Morgan fingerprint density at radius 3 is 2.75 bits per heavy atom. The molecule has 0 spiro atoms. The summed E-state index contributed by atoms with van der Waals surface area (Å²) in [6.07, 6.45) is 1.08. The number of nitrogens with one attached hydrogen (secondary N) is 2. The molecule has 0 aliphatic rings. The Bertz CT molecular complexity index is 645. The van der Waals surface area contributed by atoms with Crippen LogP contribution in [0.1, 0.15) is 57.7 Å². The van der Waals surface area contributed by atoms with Gasteiger partial charge in [-0.3, -0.25) is 0 Å². The third-order valence-corrected chi connectivity index (χ3v) is 3.34. The van der Waals surface area contributed by atoms with Gasteiger partial charge in [-0.05, 0) is 19.1 Å². The maximum atomic E-state index is 11.9. The van der Waals surface area contributed by atoms with Crippen molar-refractivity contribution in [3.63, 3.8) is 0 Å². The number of aromatic nitrogens is 2. The van der Waals surface area contributed by atoms with Crippen LogP contribution in [0.5, 0.6) is 0 Å². The van der Waals surface area contributed by atoms with Gasteiger partial charge in [0.1, 0.15) is 11.9 Å². The van der Waals surface area contributed by atoms with Crippen LogP contribution < -0.4 is 10.6 Å². The molecule has 2 aromatic rings. The molecule has 0 radical (unpaired) electrons. The Labute approximate surface area is 140 Å². The van der Waals surface area contributed by atoms with Crippen LogP contribution in [-0.4, -0.2) is 27.3 Å². The third kappa shape index (κ3) is 5.09. The van der Waals surface area contributed by atoms with E-state index < -0.39 is 6.10 Å². The van der Waals surface area contributed by atoms with Gasteiger partial charge >= 0.3 is 6.03 Å². The van der Waals surface area contributed by atoms with E-state index in [1.54, 1.807) is 19.1 Å². The standard InChI is InChI=1S/C16H24N4O4/c1-10(8-11(21)12-6-5-7-23-12)18-15(22)17-9-13-19-14(24-20-13)16(2,3)4/h5-7,10-11,21H,8-9H2,1-4H3,(H2,17,18,22)/t10-,11+/m0/s1. The Balaban J connectivity index is 1.75. The number of amides is 2. The summed E-state index contributed by atoms with van der Waals surface area (Å²) in [7, 11) is 0. The summed E-state index contributed by atoms with van der Waals surface area (Å²) in [5, 5.41) is 19.2. The molecule has 24 heavy (non-hydrogen) atoms. The summed E-state index contributed by atoms with van der Waals surface area (Å²) in [6, 6.07) is 2.80. The van der Waals surface area contributed by atoms with E-state index in [2.05, 4.69) is 20.8 Å². The van der Waals surface area contributed by atoms with Gasteiger partial charge in [-0.1, -0.05) is 25.9 Å². The number of rotatable bonds is 6. The van der Waals surface area contributed by atoms with Crippen LogP contribution in [0.25, 0.3) is 0 Å². The first-order chi connectivity index (χ1) is 11.3. The highest BCUT2D eigenvalue weighted by atomic mass is 16.5. The SMILES string of the molecule is C[C@@H](C[C@@H](O)c1ccco1)NC(=O)NCc1noc(C(C)(C)C)n1. The second-order valence-electron chi connectivity index (χ2n) is 6.76. The van der Waals surface area contributed by atoms with Crippen molar-refractivity contribution in [3.05, 3.63) is 35.9 Å². The van der Waals surface area contributed by atoms with Gasteiger partial charge in [0.15, 0.2) is 5.82 Å². The van der Waals surface area contributed by atoms with Gasteiger partial charge in [0.2, 0.25) is 5.89 Å². The van der Waals surface area contributed by atoms with Crippen LogP contribution >= 0.6 is 0 Å². The zero-order chi connectivity index (χ0) is 17.7. The largest absolute Gasteiger partial charge is 0.467 e. The number of urea groups is 1. The molecule has 2 atom stereocenters. The molecule has 0 aromatic carbocycles. The molecule has 132 valence electrons. The van der Waals surface area contributed by atoms with Crippen molar-refractivity contribution >= 4 is 6.03 Å². The summed E-state index contributed by atoms with van der Waals surface area (Å²) >= 11 is 0. The fraction of sp³-hybridized carbons (Fsp3) is 0.562. The lowest BCUT2D eigenvalue weighted by Gasteiger charge is -2.16. The highest BCUT2D eigenvalue weighted by Crippen LogP contribution is 2.20. The summed E-state index contributed by atoms with van der Waals surface area (Å²) in [4.78, 5) is 16.1. The molecular formula is C16H24N4O4. The molecule has 0 aliphatic heterocycles. The lowest BCUT2D eigenvalue weighted by atomic mass is 9.97. The van der Waals surface area contributed by atoms with E-state index in [4.69, 9.17) is 8.94 Å². The molecule has 0 saturated carbocycles. The van der Waals surface area contributed by atoms with Crippen LogP contribution in [0, 0.1) is 0 Å². The molecular weight excluding hydrogens is 312 g/mol. The van der Waals surface area contributed by atoms with E-state index in [0.29, 0.717) is 23.9 Å². The molecule has 2 heterocycles. The minimum absolute atomic E-state index is 0.166. The van der Waals surface area contributed by atoms with Crippen LogP contribution in [0.3, 0.4) is 0 Å². The lowest BCUT2D eigenvalue weighted by molar-refractivity contribution is 0.129. The molecule has 8 nitrogen and oxygen atoms in total. The zero-order valence-corrected chi connectivity index (χ0v) is 14.4. The predicted molar refractivity (Wildman–Crippen MR) is 86.1 cm³/mol. The summed E-state index contributed by atoms with van der Waals surface area (Å²) in [6.45, 7) is 7.87. The lowest BCUT2D eigenvalue weighted by Crippen LogP contribution is -2.41. The highest BCUT2D eigenvalue weighted by Gasteiger charge is 2.22. The second kappa shape index (κ2) is 7.48. The molecule has 2 amide bonds. The van der Waals surface area contributed by atoms with E-state index in [9.17, 15) is 9.90 Å². The van der Waals surface area contributed by atoms with Gasteiger partial charge in [-0.25, -0.2) is 4.79 Å². The van der Waals surface area contributed by atoms with Crippen molar-refractivity contribution in [2.45, 2.75) is 58.2 Å². The highest BCUT2D eigenvalue weighted by molar-refractivity contribution is 5.74. The molecule has 0 unspecified atom stereocenters. The first-order valence-electron chi connectivity index (χ1n) is 7.84. The number of carbonyl (C=O) groups is 1. The fourth-order valence-electron chi connectivity index (χ4n) is 2.06. The van der Waals surface area contributed by atoms with Gasteiger partial charge in [0, 0.05) is 17.9 Å². The van der Waals surface area contributed by atoms with Crippen LogP contribution in [0.4, 0.5) is 4.79 Å². The number of nitrogens with zero attached hydrogens (tertiary/aromatic N) is 2. The number of hydrogen-bond acceptors (Lipinski definition) is 6. The van der Waals surface area contributed by atoms with Crippen molar-refractivity contribution in [2.24, 2.45) is 0 Å². The van der Waals surface area contributed by atoms with E-state index in [0.717, 1.165) is 0 Å². The van der Waals surface area contributed by atoms with E-state index in [1.165, 1.54) is 6.26 Å². The first kappa shape index (κ1) is 18.0. The maximum Gasteiger partial charge on any atom is 0.315 e. The Morgan fingerprint density at radius 1 is 1.42 bits per heavy atom. The molecule has 0 aliphatic carbocycles. The smallest absolute Gasteiger partial charge is 0.315 e. The van der Waals surface area contributed by atoms with Gasteiger partial charge in [0.25, 0.3) is 0 Å². The Morgan fingerprint density at radius 2 is 2.17 bits per heavy atom. The normalized spacial score (nSPS) is 14.2. The zero-order valence-electron chi connectivity index (χ0n) is 14.4. The summed E-state index contributed by atoms with van der Waals surface area (Å²) in [5.74, 6) is 1.42. The minimum atomic E-state index is -0.762. The Kier molecular flexibility index (Phi) is 5.61. The number of furan rings is 1. The van der Waals surface area contributed by atoms with Gasteiger partial charge in [-0.2, -0.15) is 4.98 Å². The maximum absolute atomic E-state index is 11.9. The third-order valence-electron chi connectivity index (χ3n) is 3.34. The van der Waals surface area contributed by atoms with Crippen LogP contribution in [0.15, 0.2) is 27.3 Å².